The second-order valence-electron chi connectivity index (χ2n) is 5.60. The van der Waals surface area contributed by atoms with Crippen LogP contribution in [0, 0.1) is 6.92 Å². The molecule has 1 aromatic carbocycles. The summed E-state index contributed by atoms with van der Waals surface area (Å²) in [6.07, 6.45) is 2.50. The summed E-state index contributed by atoms with van der Waals surface area (Å²) in [7, 11) is 0. The van der Waals surface area contributed by atoms with Gasteiger partial charge in [0.1, 0.15) is 5.75 Å². The molecule has 4 rings (SSSR count). The van der Waals surface area contributed by atoms with Gasteiger partial charge in [-0.25, -0.2) is 4.98 Å². The van der Waals surface area contributed by atoms with Crippen molar-refractivity contribution in [2.75, 3.05) is 11.9 Å². The van der Waals surface area contributed by atoms with Crippen molar-refractivity contribution in [2.24, 2.45) is 0 Å². The van der Waals surface area contributed by atoms with E-state index in [9.17, 15) is 4.79 Å². The molecule has 120 valence electrons. The summed E-state index contributed by atoms with van der Waals surface area (Å²) < 4.78 is 5.52. The van der Waals surface area contributed by atoms with Crippen LogP contribution in [0.1, 0.15) is 21.6 Å². The van der Waals surface area contributed by atoms with Gasteiger partial charge in [0.2, 0.25) is 0 Å². The first-order valence-electron chi connectivity index (χ1n) is 7.65. The van der Waals surface area contributed by atoms with Crippen molar-refractivity contribution < 1.29 is 9.53 Å². The van der Waals surface area contributed by atoms with Crippen molar-refractivity contribution >= 4 is 22.4 Å². The van der Waals surface area contributed by atoms with Gasteiger partial charge in [-0.05, 0) is 42.8 Å². The van der Waals surface area contributed by atoms with E-state index < -0.39 is 0 Å². The molecular weight excluding hydrogens is 322 g/mol. The topological polar surface area (TPSA) is 64.1 Å². The highest BCUT2D eigenvalue weighted by molar-refractivity contribution is 7.14. The molecule has 0 radical (unpaired) electrons. The van der Waals surface area contributed by atoms with Crippen LogP contribution in [0.15, 0.2) is 41.9 Å². The summed E-state index contributed by atoms with van der Waals surface area (Å²) in [6, 6.07) is 9.65. The van der Waals surface area contributed by atoms with E-state index in [-0.39, 0.29) is 5.91 Å². The molecule has 0 atom stereocenters. The summed E-state index contributed by atoms with van der Waals surface area (Å²) in [4.78, 5) is 20.9. The molecule has 2 aromatic heterocycles. The minimum absolute atomic E-state index is 0.203. The zero-order valence-corrected chi connectivity index (χ0v) is 13.9. The van der Waals surface area contributed by atoms with Crippen molar-refractivity contribution in [3.63, 3.8) is 0 Å². The number of benzene rings is 1. The standard InChI is InChI=1S/C18H15N3O2S/c1-11-2-3-14(9-19-11)17(22)21-18-20-15(10-24-18)12-4-5-16-13(8-12)6-7-23-16/h2-5,8-10H,6-7H2,1H3,(H,20,21,22). The van der Waals surface area contributed by atoms with Gasteiger partial charge in [0, 0.05) is 29.3 Å². The average Bonchev–Trinajstić information content (AvgIpc) is 3.23. The molecule has 6 heteroatoms. The molecule has 24 heavy (non-hydrogen) atoms. The van der Waals surface area contributed by atoms with Crippen LogP contribution >= 0.6 is 11.3 Å². The van der Waals surface area contributed by atoms with E-state index in [1.165, 1.54) is 16.9 Å². The monoisotopic (exact) mass is 337 g/mol. The predicted octanol–water partition coefficient (Wildman–Crippen LogP) is 3.70. The minimum atomic E-state index is -0.203. The third kappa shape index (κ3) is 2.88. The van der Waals surface area contributed by atoms with E-state index in [2.05, 4.69) is 21.4 Å². The van der Waals surface area contributed by atoms with Crippen LogP contribution in [0.2, 0.25) is 0 Å². The Labute approximate surface area is 143 Å². The highest BCUT2D eigenvalue weighted by Gasteiger charge is 2.15. The maximum Gasteiger partial charge on any atom is 0.259 e. The van der Waals surface area contributed by atoms with E-state index in [0.29, 0.717) is 10.7 Å². The lowest BCUT2D eigenvalue weighted by Crippen LogP contribution is -2.12. The summed E-state index contributed by atoms with van der Waals surface area (Å²) in [5.74, 6) is 0.750. The first-order valence-corrected chi connectivity index (χ1v) is 8.53. The second-order valence-corrected chi connectivity index (χ2v) is 6.46. The fourth-order valence-corrected chi connectivity index (χ4v) is 3.30. The van der Waals surface area contributed by atoms with Crippen molar-refractivity contribution in [2.45, 2.75) is 13.3 Å². The van der Waals surface area contributed by atoms with Crippen molar-refractivity contribution in [3.8, 4) is 17.0 Å². The number of anilines is 1. The molecule has 5 nitrogen and oxygen atoms in total. The van der Waals surface area contributed by atoms with E-state index in [1.807, 2.05) is 30.5 Å². The number of carbonyl (C=O) groups is 1. The Morgan fingerprint density at radius 3 is 3.04 bits per heavy atom. The Morgan fingerprint density at radius 1 is 1.29 bits per heavy atom. The zero-order valence-electron chi connectivity index (χ0n) is 13.1. The number of carbonyl (C=O) groups excluding carboxylic acids is 1. The first-order chi connectivity index (χ1) is 11.7. The number of nitrogens with zero attached hydrogens (tertiary/aromatic N) is 2. The highest BCUT2D eigenvalue weighted by atomic mass is 32.1. The minimum Gasteiger partial charge on any atom is -0.493 e. The number of aromatic nitrogens is 2. The van der Waals surface area contributed by atoms with E-state index in [0.717, 1.165) is 35.7 Å². The molecular formula is C18H15N3O2S. The normalized spacial score (nSPS) is 12.5. The quantitative estimate of drug-likeness (QED) is 0.791. The van der Waals surface area contributed by atoms with Crippen molar-refractivity contribution in [1.82, 2.24) is 9.97 Å². The summed E-state index contributed by atoms with van der Waals surface area (Å²) >= 11 is 1.41. The fourth-order valence-electron chi connectivity index (χ4n) is 2.58. The van der Waals surface area contributed by atoms with Crippen LogP contribution in [0.4, 0.5) is 5.13 Å². The number of amides is 1. The third-order valence-electron chi connectivity index (χ3n) is 3.88. The predicted molar refractivity (Wildman–Crippen MR) is 93.7 cm³/mol. The number of thiazole rings is 1. The first kappa shape index (κ1) is 14.8. The lowest BCUT2D eigenvalue weighted by Gasteiger charge is -2.02. The van der Waals surface area contributed by atoms with Crippen LogP contribution in [-0.2, 0) is 6.42 Å². The smallest absolute Gasteiger partial charge is 0.259 e. The van der Waals surface area contributed by atoms with Gasteiger partial charge in [0.15, 0.2) is 5.13 Å². The summed E-state index contributed by atoms with van der Waals surface area (Å²) in [5.41, 5.74) is 4.49. The van der Waals surface area contributed by atoms with Crippen molar-refractivity contribution in [1.29, 1.82) is 0 Å². The molecule has 1 aliphatic rings. The molecule has 0 saturated carbocycles. The average molecular weight is 337 g/mol. The molecule has 3 aromatic rings. The number of rotatable bonds is 3. The van der Waals surface area contributed by atoms with E-state index in [1.54, 1.807) is 12.3 Å². The number of hydrogen-bond donors (Lipinski definition) is 1. The van der Waals surface area contributed by atoms with Crippen molar-refractivity contribution in [3.05, 3.63) is 58.7 Å². The van der Waals surface area contributed by atoms with Gasteiger partial charge in [-0.2, -0.15) is 0 Å². The van der Waals surface area contributed by atoms with Crippen LogP contribution in [0.3, 0.4) is 0 Å². The Hall–Kier alpha value is -2.73. The van der Waals surface area contributed by atoms with Crippen LogP contribution < -0.4 is 10.1 Å². The Balaban J connectivity index is 1.52. The molecule has 0 saturated heterocycles. The summed E-state index contributed by atoms with van der Waals surface area (Å²) in [6.45, 7) is 2.62. The maximum atomic E-state index is 12.2. The van der Waals surface area contributed by atoms with Crippen LogP contribution in [0.5, 0.6) is 5.75 Å². The number of nitrogens with one attached hydrogen (secondary N) is 1. The molecule has 0 fully saturated rings. The Morgan fingerprint density at radius 2 is 2.21 bits per heavy atom. The molecule has 1 N–H and O–H groups in total. The molecule has 0 spiro atoms. The van der Waals surface area contributed by atoms with E-state index >= 15 is 0 Å². The molecule has 0 unspecified atom stereocenters. The van der Waals surface area contributed by atoms with Gasteiger partial charge in [-0.15, -0.1) is 11.3 Å². The van der Waals surface area contributed by atoms with Gasteiger partial charge >= 0.3 is 0 Å². The number of hydrogen-bond acceptors (Lipinski definition) is 5. The van der Waals surface area contributed by atoms with Gasteiger partial charge in [-0.1, -0.05) is 0 Å². The van der Waals surface area contributed by atoms with Gasteiger partial charge in [0.25, 0.3) is 5.91 Å². The van der Waals surface area contributed by atoms with Gasteiger partial charge in [-0.3, -0.25) is 15.1 Å². The van der Waals surface area contributed by atoms with Crippen LogP contribution in [0.25, 0.3) is 11.3 Å². The summed E-state index contributed by atoms with van der Waals surface area (Å²) in [5, 5.41) is 5.35. The number of pyridine rings is 1. The zero-order chi connectivity index (χ0) is 16.5. The van der Waals surface area contributed by atoms with Crippen LogP contribution in [-0.4, -0.2) is 22.5 Å². The number of ether oxygens (including phenoxy) is 1. The maximum absolute atomic E-state index is 12.2. The van der Waals surface area contributed by atoms with E-state index in [4.69, 9.17) is 4.74 Å². The number of fused-ring (bicyclic) bond motifs is 1. The second kappa shape index (κ2) is 6.05. The van der Waals surface area contributed by atoms with Gasteiger partial charge < -0.3 is 4.74 Å². The Kier molecular flexibility index (Phi) is 3.74. The Bertz CT molecular complexity index is 903. The molecule has 0 aliphatic carbocycles. The lowest BCUT2D eigenvalue weighted by molar-refractivity contribution is 0.102. The third-order valence-corrected chi connectivity index (χ3v) is 4.64. The highest BCUT2D eigenvalue weighted by Crippen LogP contribution is 2.32. The van der Waals surface area contributed by atoms with Gasteiger partial charge in [0.05, 0.1) is 17.9 Å². The number of aryl methyl sites for hydroxylation is 1. The largest absolute Gasteiger partial charge is 0.493 e. The SMILES string of the molecule is Cc1ccc(C(=O)Nc2nc(-c3ccc4c(c3)CCO4)cs2)cn1. The lowest BCUT2D eigenvalue weighted by atomic mass is 10.1. The fraction of sp³-hybridized carbons (Fsp3) is 0.167. The molecule has 3 heterocycles. The molecule has 0 bridgehead atoms. The molecule has 1 aliphatic heterocycles. The molecule has 1 amide bonds.